The maximum Gasteiger partial charge on any atom is 0.188 e. The quantitative estimate of drug-likeness (QED) is 0.626. The van der Waals surface area contributed by atoms with Gasteiger partial charge in [0.1, 0.15) is 6.10 Å². The van der Waals surface area contributed by atoms with E-state index in [0.29, 0.717) is 18.5 Å². The van der Waals surface area contributed by atoms with Gasteiger partial charge in [-0.15, -0.1) is 0 Å². The lowest BCUT2D eigenvalue weighted by Gasteiger charge is -2.23. The Labute approximate surface area is 132 Å². The molecule has 22 heavy (non-hydrogen) atoms. The van der Waals surface area contributed by atoms with Gasteiger partial charge in [0.2, 0.25) is 0 Å². The minimum atomic E-state index is -0.349. The second-order valence-corrected chi connectivity index (χ2v) is 5.78. The monoisotopic (exact) mass is 307 g/mol. The first kappa shape index (κ1) is 16.6. The largest absolute Gasteiger partial charge is 0.485 e. The van der Waals surface area contributed by atoms with Gasteiger partial charge in [-0.3, -0.25) is 0 Å². The van der Waals surface area contributed by atoms with E-state index in [1.807, 2.05) is 6.92 Å². The summed E-state index contributed by atoms with van der Waals surface area (Å²) in [4.78, 5) is 4.35. The molecule has 0 saturated heterocycles. The Morgan fingerprint density at radius 3 is 2.77 bits per heavy atom. The zero-order valence-corrected chi connectivity index (χ0v) is 13.2. The number of nitrogens with two attached hydrogens (primary N) is 1. The molecular weight excluding hydrogens is 281 g/mol. The lowest BCUT2D eigenvalue weighted by atomic mass is 9.96. The van der Waals surface area contributed by atoms with Gasteiger partial charge in [0.05, 0.1) is 6.54 Å². The topological polar surface area (TPSA) is 59.6 Å². The molecule has 0 radical (unpaired) electrons. The predicted octanol–water partition coefficient (Wildman–Crippen LogP) is 3.22. The van der Waals surface area contributed by atoms with Gasteiger partial charge in [0, 0.05) is 6.04 Å². The molecule has 1 aromatic carbocycles. The van der Waals surface area contributed by atoms with Gasteiger partial charge in [-0.05, 0) is 31.4 Å². The minimum absolute atomic E-state index is 0.177. The molecule has 1 atom stereocenters. The molecule has 0 amide bonds. The molecule has 1 aliphatic rings. The van der Waals surface area contributed by atoms with Crippen molar-refractivity contribution in [2.75, 3.05) is 6.54 Å². The number of para-hydroxylation sites is 1. The minimum Gasteiger partial charge on any atom is -0.485 e. The van der Waals surface area contributed by atoms with Crippen LogP contribution in [0.25, 0.3) is 0 Å². The van der Waals surface area contributed by atoms with Crippen LogP contribution in [0.15, 0.2) is 29.3 Å². The predicted molar refractivity (Wildman–Crippen MR) is 87.6 cm³/mol. The van der Waals surface area contributed by atoms with Crippen LogP contribution < -0.4 is 15.8 Å². The Hall–Kier alpha value is -1.78. The van der Waals surface area contributed by atoms with Crippen molar-refractivity contribution in [3.8, 4) is 5.75 Å². The third kappa shape index (κ3) is 5.20. The third-order valence-electron chi connectivity index (χ3n) is 4.01. The summed E-state index contributed by atoms with van der Waals surface area (Å²) in [7, 11) is 0. The normalized spacial score (nSPS) is 18.0. The summed E-state index contributed by atoms with van der Waals surface area (Å²) in [5.41, 5.74) is 5.94. The molecule has 0 spiro atoms. The van der Waals surface area contributed by atoms with Crippen LogP contribution in [0.5, 0.6) is 5.75 Å². The second-order valence-electron chi connectivity index (χ2n) is 5.78. The maximum absolute atomic E-state index is 13.6. The van der Waals surface area contributed by atoms with Crippen molar-refractivity contribution < 1.29 is 9.13 Å². The summed E-state index contributed by atoms with van der Waals surface area (Å²) in [5.74, 6) is 0.379. The van der Waals surface area contributed by atoms with Crippen LogP contribution in [0.1, 0.15) is 45.4 Å². The summed E-state index contributed by atoms with van der Waals surface area (Å²) >= 11 is 0. The number of halogens is 1. The summed E-state index contributed by atoms with van der Waals surface area (Å²) in [6.07, 6.45) is 6.68. The molecular formula is C17H26FN3O. The fourth-order valence-corrected chi connectivity index (χ4v) is 2.67. The van der Waals surface area contributed by atoms with Crippen molar-refractivity contribution in [2.45, 2.75) is 57.6 Å². The van der Waals surface area contributed by atoms with Crippen LogP contribution in [0.4, 0.5) is 4.39 Å². The van der Waals surface area contributed by atoms with Gasteiger partial charge in [0.25, 0.3) is 0 Å². The van der Waals surface area contributed by atoms with Gasteiger partial charge in [-0.1, -0.05) is 38.3 Å². The average Bonchev–Trinajstić information content (AvgIpc) is 2.54. The number of hydrogen-bond acceptors (Lipinski definition) is 2. The number of aliphatic imine (C=N–C) groups is 1. The number of hydrogen-bond donors (Lipinski definition) is 2. The highest BCUT2D eigenvalue weighted by Gasteiger charge is 2.14. The number of rotatable bonds is 6. The molecule has 1 aliphatic carbocycles. The van der Waals surface area contributed by atoms with Gasteiger partial charge in [0.15, 0.2) is 17.5 Å². The van der Waals surface area contributed by atoms with Gasteiger partial charge < -0.3 is 15.8 Å². The second kappa shape index (κ2) is 8.61. The first-order valence-electron chi connectivity index (χ1n) is 8.16. The molecule has 0 bridgehead atoms. The van der Waals surface area contributed by atoms with E-state index in [1.165, 1.54) is 25.3 Å². The standard InChI is InChI=1S/C17H26FN3O/c1-2-14(22-16-11-7-6-10-15(16)18)12-20-17(19)21-13-8-4-3-5-9-13/h6-7,10-11,13-14H,2-5,8-9,12H2,1H3,(H3,19,20,21). The molecule has 3 N–H and O–H groups in total. The van der Waals surface area contributed by atoms with Crippen LogP contribution in [0, 0.1) is 5.82 Å². The van der Waals surface area contributed by atoms with Crippen LogP contribution >= 0.6 is 0 Å². The van der Waals surface area contributed by atoms with E-state index in [9.17, 15) is 4.39 Å². The highest BCUT2D eigenvalue weighted by atomic mass is 19.1. The fourth-order valence-electron chi connectivity index (χ4n) is 2.67. The molecule has 5 heteroatoms. The first-order chi connectivity index (χ1) is 10.7. The van der Waals surface area contributed by atoms with Gasteiger partial charge in [-0.2, -0.15) is 0 Å². The summed E-state index contributed by atoms with van der Waals surface area (Å²) < 4.78 is 19.3. The maximum atomic E-state index is 13.6. The van der Waals surface area contributed by atoms with E-state index < -0.39 is 0 Å². The van der Waals surface area contributed by atoms with Crippen LogP contribution in [-0.2, 0) is 0 Å². The summed E-state index contributed by atoms with van der Waals surface area (Å²) in [6.45, 7) is 2.42. The number of ether oxygens (including phenoxy) is 1. The van der Waals surface area contributed by atoms with Crippen molar-refractivity contribution in [1.29, 1.82) is 0 Å². The molecule has 0 aromatic heterocycles. The zero-order chi connectivity index (χ0) is 15.8. The smallest absolute Gasteiger partial charge is 0.188 e. The van der Waals surface area contributed by atoms with Crippen molar-refractivity contribution in [3.05, 3.63) is 30.1 Å². The molecule has 1 saturated carbocycles. The van der Waals surface area contributed by atoms with Gasteiger partial charge in [-0.25, -0.2) is 9.38 Å². The first-order valence-corrected chi connectivity index (χ1v) is 8.16. The Bertz CT molecular complexity index is 487. The third-order valence-corrected chi connectivity index (χ3v) is 4.01. The van der Waals surface area contributed by atoms with Crippen molar-refractivity contribution in [3.63, 3.8) is 0 Å². The Balaban J connectivity index is 1.84. The fraction of sp³-hybridized carbons (Fsp3) is 0.588. The molecule has 1 fully saturated rings. The van der Waals surface area contributed by atoms with E-state index in [1.54, 1.807) is 18.2 Å². The average molecular weight is 307 g/mol. The van der Waals surface area contributed by atoms with Crippen LogP contribution in [0.2, 0.25) is 0 Å². The molecule has 4 nitrogen and oxygen atoms in total. The van der Waals surface area contributed by atoms with Crippen molar-refractivity contribution in [1.82, 2.24) is 5.32 Å². The Kier molecular flexibility index (Phi) is 6.49. The van der Waals surface area contributed by atoms with E-state index in [2.05, 4.69) is 10.3 Å². The highest BCUT2D eigenvalue weighted by Crippen LogP contribution is 2.18. The Morgan fingerprint density at radius 1 is 1.36 bits per heavy atom. The Morgan fingerprint density at radius 2 is 2.09 bits per heavy atom. The number of benzene rings is 1. The van der Waals surface area contributed by atoms with Gasteiger partial charge >= 0.3 is 0 Å². The molecule has 0 aliphatic heterocycles. The number of nitrogens with one attached hydrogen (secondary N) is 1. The highest BCUT2D eigenvalue weighted by molar-refractivity contribution is 5.78. The number of guanidine groups is 1. The summed E-state index contributed by atoms with van der Waals surface area (Å²) in [5, 5.41) is 3.27. The van der Waals surface area contributed by atoms with Crippen molar-refractivity contribution in [2.24, 2.45) is 10.7 Å². The summed E-state index contributed by atoms with van der Waals surface area (Å²) in [6, 6.07) is 6.86. The lowest BCUT2D eigenvalue weighted by molar-refractivity contribution is 0.196. The van der Waals surface area contributed by atoms with E-state index in [0.717, 1.165) is 19.3 Å². The van der Waals surface area contributed by atoms with E-state index in [-0.39, 0.29) is 17.7 Å². The molecule has 122 valence electrons. The molecule has 2 rings (SSSR count). The van der Waals surface area contributed by atoms with Crippen LogP contribution in [0.3, 0.4) is 0 Å². The molecule has 0 heterocycles. The van der Waals surface area contributed by atoms with E-state index in [4.69, 9.17) is 10.5 Å². The lowest BCUT2D eigenvalue weighted by Crippen LogP contribution is -2.41. The van der Waals surface area contributed by atoms with Crippen LogP contribution in [-0.4, -0.2) is 24.7 Å². The zero-order valence-electron chi connectivity index (χ0n) is 13.2. The molecule has 1 unspecified atom stereocenters. The van der Waals surface area contributed by atoms with Crippen molar-refractivity contribution >= 4 is 5.96 Å². The number of nitrogens with zero attached hydrogens (tertiary/aromatic N) is 1. The van der Waals surface area contributed by atoms with E-state index >= 15 is 0 Å². The molecule has 1 aromatic rings. The SMILES string of the molecule is CCC(CN=C(N)NC1CCCCC1)Oc1ccccc1F.